The molecule has 0 spiro atoms. The Balaban J connectivity index is 2.18. The van der Waals surface area contributed by atoms with Crippen LogP contribution in [0.4, 0.5) is 5.69 Å². The lowest BCUT2D eigenvalue weighted by Crippen LogP contribution is -2.16. The number of aromatic nitrogens is 2. The SMILES string of the molecule is CSc1ccc(NC(=O)c2ncnc(C)c2C)cc1. The number of hydrogen-bond donors (Lipinski definition) is 1. The summed E-state index contributed by atoms with van der Waals surface area (Å²) < 4.78 is 0. The van der Waals surface area contributed by atoms with Gasteiger partial charge in [0.25, 0.3) is 5.91 Å². The molecule has 1 amide bonds. The summed E-state index contributed by atoms with van der Waals surface area (Å²) in [6, 6.07) is 7.71. The van der Waals surface area contributed by atoms with E-state index < -0.39 is 0 Å². The van der Waals surface area contributed by atoms with Gasteiger partial charge in [-0.05, 0) is 44.4 Å². The molecule has 1 aromatic heterocycles. The molecule has 0 aliphatic heterocycles. The minimum absolute atomic E-state index is 0.208. The van der Waals surface area contributed by atoms with Gasteiger partial charge < -0.3 is 5.32 Å². The Morgan fingerprint density at radius 1 is 1.16 bits per heavy atom. The lowest BCUT2D eigenvalue weighted by atomic mass is 10.2. The molecule has 0 atom stereocenters. The maximum absolute atomic E-state index is 12.1. The highest BCUT2D eigenvalue weighted by atomic mass is 32.2. The molecular formula is C14H15N3OS. The fourth-order valence-electron chi connectivity index (χ4n) is 1.63. The highest BCUT2D eigenvalue weighted by molar-refractivity contribution is 7.98. The van der Waals surface area contributed by atoms with Crippen LogP contribution in [0.5, 0.6) is 0 Å². The minimum Gasteiger partial charge on any atom is -0.321 e. The molecule has 1 aromatic carbocycles. The molecule has 0 aliphatic rings. The molecule has 0 radical (unpaired) electrons. The van der Waals surface area contributed by atoms with Gasteiger partial charge in [0.1, 0.15) is 12.0 Å². The summed E-state index contributed by atoms with van der Waals surface area (Å²) in [6.45, 7) is 3.71. The van der Waals surface area contributed by atoms with Crippen LogP contribution in [0.15, 0.2) is 35.5 Å². The Kier molecular flexibility index (Phi) is 4.16. The fraction of sp³-hybridized carbons (Fsp3) is 0.214. The van der Waals surface area contributed by atoms with Gasteiger partial charge in [0, 0.05) is 21.8 Å². The zero-order valence-electron chi connectivity index (χ0n) is 11.1. The highest BCUT2D eigenvalue weighted by Gasteiger charge is 2.12. The summed E-state index contributed by atoms with van der Waals surface area (Å²) in [5, 5.41) is 2.84. The van der Waals surface area contributed by atoms with E-state index in [4.69, 9.17) is 0 Å². The molecular weight excluding hydrogens is 258 g/mol. The van der Waals surface area contributed by atoms with Crippen molar-refractivity contribution in [2.75, 3.05) is 11.6 Å². The van der Waals surface area contributed by atoms with Gasteiger partial charge in [0.2, 0.25) is 0 Å². The molecule has 0 fully saturated rings. The monoisotopic (exact) mass is 273 g/mol. The Hall–Kier alpha value is -1.88. The molecule has 19 heavy (non-hydrogen) atoms. The number of nitrogens with one attached hydrogen (secondary N) is 1. The summed E-state index contributed by atoms with van der Waals surface area (Å²) >= 11 is 1.66. The predicted molar refractivity (Wildman–Crippen MR) is 77.7 cm³/mol. The summed E-state index contributed by atoms with van der Waals surface area (Å²) in [7, 11) is 0. The van der Waals surface area contributed by atoms with Gasteiger partial charge in [0.05, 0.1) is 0 Å². The molecule has 0 saturated carbocycles. The largest absolute Gasteiger partial charge is 0.321 e. The number of hydrogen-bond acceptors (Lipinski definition) is 4. The molecule has 98 valence electrons. The molecule has 2 rings (SSSR count). The van der Waals surface area contributed by atoms with Crippen LogP contribution >= 0.6 is 11.8 Å². The van der Waals surface area contributed by atoms with Gasteiger partial charge in [-0.2, -0.15) is 0 Å². The zero-order valence-corrected chi connectivity index (χ0v) is 11.9. The third kappa shape index (κ3) is 3.12. The van der Waals surface area contributed by atoms with E-state index in [1.54, 1.807) is 11.8 Å². The number of anilines is 1. The van der Waals surface area contributed by atoms with Crippen molar-refractivity contribution in [1.29, 1.82) is 0 Å². The van der Waals surface area contributed by atoms with Crippen LogP contribution in [0, 0.1) is 13.8 Å². The van der Waals surface area contributed by atoms with Crippen LogP contribution in [-0.4, -0.2) is 22.1 Å². The molecule has 2 aromatic rings. The van der Waals surface area contributed by atoms with Crippen LogP contribution < -0.4 is 5.32 Å². The summed E-state index contributed by atoms with van der Waals surface area (Å²) in [5.74, 6) is -0.208. The van der Waals surface area contributed by atoms with Crippen LogP contribution in [0.25, 0.3) is 0 Å². The maximum Gasteiger partial charge on any atom is 0.274 e. The number of nitrogens with zero attached hydrogens (tertiary/aromatic N) is 2. The quantitative estimate of drug-likeness (QED) is 0.873. The average molecular weight is 273 g/mol. The van der Waals surface area contributed by atoms with E-state index in [-0.39, 0.29) is 5.91 Å². The lowest BCUT2D eigenvalue weighted by Gasteiger charge is -2.08. The van der Waals surface area contributed by atoms with Gasteiger partial charge in [-0.3, -0.25) is 4.79 Å². The Labute approximate surface area is 116 Å². The van der Waals surface area contributed by atoms with E-state index in [2.05, 4.69) is 15.3 Å². The van der Waals surface area contributed by atoms with Crippen molar-refractivity contribution >= 4 is 23.4 Å². The van der Waals surface area contributed by atoms with Gasteiger partial charge in [0.15, 0.2) is 0 Å². The van der Waals surface area contributed by atoms with Gasteiger partial charge >= 0.3 is 0 Å². The first-order valence-electron chi connectivity index (χ1n) is 5.85. The van der Waals surface area contributed by atoms with Crippen LogP contribution in [0.3, 0.4) is 0 Å². The minimum atomic E-state index is -0.208. The molecule has 1 N–H and O–H groups in total. The van der Waals surface area contributed by atoms with Crippen LogP contribution in [0.1, 0.15) is 21.7 Å². The van der Waals surface area contributed by atoms with Gasteiger partial charge in [-0.15, -0.1) is 11.8 Å². The molecule has 4 nitrogen and oxygen atoms in total. The van der Waals surface area contributed by atoms with Crippen LogP contribution in [-0.2, 0) is 0 Å². The van der Waals surface area contributed by atoms with E-state index in [0.29, 0.717) is 5.69 Å². The molecule has 0 saturated heterocycles. The maximum atomic E-state index is 12.1. The van der Waals surface area contributed by atoms with Crippen molar-refractivity contribution < 1.29 is 4.79 Å². The fourth-order valence-corrected chi connectivity index (χ4v) is 2.04. The Morgan fingerprint density at radius 2 is 1.84 bits per heavy atom. The normalized spacial score (nSPS) is 10.3. The van der Waals surface area contributed by atoms with E-state index >= 15 is 0 Å². The first-order valence-corrected chi connectivity index (χ1v) is 7.08. The summed E-state index contributed by atoms with van der Waals surface area (Å²) in [4.78, 5) is 21.4. The van der Waals surface area contributed by atoms with E-state index in [1.165, 1.54) is 6.33 Å². The first kappa shape index (κ1) is 13.5. The third-order valence-electron chi connectivity index (χ3n) is 2.90. The van der Waals surface area contributed by atoms with Crippen molar-refractivity contribution in [1.82, 2.24) is 9.97 Å². The average Bonchev–Trinajstić information content (AvgIpc) is 2.42. The van der Waals surface area contributed by atoms with Crippen molar-refractivity contribution in [3.05, 3.63) is 47.5 Å². The molecule has 5 heteroatoms. The number of carbonyl (C=O) groups excluding carboxylic acids is 1. The van der Waals surface area contributed by atoms with Gasteiger partial charge in [-0.1, -0.05) is 0 Å². The number of benzene rings is 1. The predicted octanol–water partition coefficient (Wildman–Crippen LogP) is 3.07. The molecule has 1 heterocycles. The smallest absolute Gasteiger partial charge is 0.274 e. The van der Waals surface area contributed by atoms with E-state index in [1.807, 2.05) is 44.4 Å². The van der Waals surface area contributed by atoms with Crippen molar-refractivity contribution in [2.24, 2.45) is 0 Å². The Bertz CT molecular complexity index is 596. The second kappa shape index (κ2) is 5.84. The summed E-state index contributed by atoms with van der Waals surface area (Å²) in [5.41, 5.74) is 2.80. The van der Waals surface area contributed by atoms with E-state index in [0.717, 1.165) is 21.8 Å². The van der Waals surface area contributed by atoms with E-state index in [9.17, 15) is 4.79 Å². The summed E-state index contributed by atoms with van der Waals surface area (Å²) in [6.07, 6.45) is 3.43. The Morgan fingerprint density at radius 3 is 2.47 bits per heavy atom. The number of aryl methyl sites for hydroxylation is 1. The standard InChI is InChI=1S/C14H15N3OS/c1-9-10(2)15-8-16-13(9)14(18)17-11-4-6-12(19-3)7-5-11/h4-8H,1-3H3,(H,17,18). The second-order valence-electron chi connectivity index (χ2n) is 4.12. The van der Waals surface area contributed by atoms with Crippen LogP contribution in [0.2, 0.25) is 0 Å². The number of thioether (sulfide) groups is 1. The number of carbonyl (C=O) groups is 1. The topological polar surface area (TPSA) is 54.9 Å². The third-order valence-corrected chi connectivity index (χ3v) is 3.64. The number of amides is 1. The first-order chi connectivity index (χ1) is 9.11. The molecule has 0 unspecified atom stereocenters. The van der Waals surface area contributed by atoms with Crippen molar-refractivity contribution in [2.45, 2.75) is 18.7 Å². The highest BCUT2D eigenvalue weighted by Crippen LogP contribution is 2.18. The van der Waals surface area contributed by atoms with Gasteiger partial charge in [-0.25, -0.2) is 9.97 Å². The molecule has 0 bridgehead atoms. The second-order valence-corrected chi connectivity index (χ2v) is 4.99. The number of rotatable bonds is 3. The molecule has 0 aliphatic carbocycles. The zero-order chi connectivity index (χ0) is 13.8. The van der Waals surface area contributed by atoms with Crippen molar-refractivity contribution in [3.63, 3.8) is 0 Å². The van der Waals surface area contributed by atoms with Crippen molar-refractivity contribution in [3.8, 4) is 0 Å². The lowest BCUT2D eigenvalue weighted by molar-refractivity contribution is 0.102.